The summed E-state index contributed by atoms with van der Waals surface area (Å²) in [6, 6.07) is 0.391. The third-order valence-corrected chi connectivity index (χ3v) is 2.84. The van der Waals surface area contributed by atoms with Crippen LogP contribution < -0.4 is 5.32 Å². The van der Waals surface area contributed by atoms with E-state index in [2.05, 4.69) is 12.2 Å². The van der Waals surface area contributed by atoms with Crippen LogP contribution in [0.2, 0.25) is 0 Å². The average Bonchev–Trinajstić information content (AvgIpc) is 2.91. The van der Waals surface area contributed by atoms with Gasteiger partial charge in [0, 0.05) is 18.9 Å². The Morgan fingerprint density at radius 3 is 2.53 bits per heavy atom. The summed E-state index contributed by atoms with van der Waals surface area (Å²) >= 11 is 0. The first-order valence-electron chi connectivity index (χ1n) is 5.64. The Labute approximate surface area is 90.0 Å². The second kappa shape index (κ2) is 5.73. The second-order valence-electron chi connectivity index (χ2n) is 4.18. The number of rotatable bonds is 7. The molecule has 4 nitrogen and oxygen atoms in total. The zero-order valence-electron chi connectivity index (χ0n) is 9.16. The monoisotopic (exact) mass is 213 g/mol. The van der Waals surface area contributed by atoms with Crippen molar-refractivity contribution in [2.24, 2.45) is 5.92 Å². The van der Waals surface area contributed by atoms with Gasteiger partial charge in [0.05, 0.1) is 0 Å². The molecule has 0 aliphatic heterocycles. The fraction of sp³-hybridized carbons (Fsp3) is 0.818. The van der Waals surface area contributed by atoms with E-state index in [1.165, 1.54) is 0 Å². The Kier molecular flexibility index (Phi) is 4.59. The summed E-state index contributed by atoms with van der Waals surface area (Å²) < 4.78 is 0. The number of hydrogen-bond acceptors (Lipinski definition) is 2. The van der Waals surface area contributed by atoms with Crippen molar-refractivity contribution in [2.75, 3.05) is 0 Å². The summed E-state index contributed by atoms with van der Waals surface area (Å²) in [6.45, 7) is 2.13. The number of carboxylic acid groups (broad SMARTS) is 1. The SMILES string of the molecule is CCC1CC1NC(=O)CCCCC(=O)O. The summed E-state index contributed by atoms with van der Waals surface area (Å²) in [5, 5.41) is 11.4. The predicted octanol–water partition coefficient (Wildman–Crippen LogP) is 1.55. The number of aliphatic carboxylic acids is 1. The van der Waals surface area contributed by atoms with Gasteiger partial charge in [-0.25, -0.2) is 0 Å². The Morgan fingerprint density at radius 1 is 1.33 bits per heavy atom. The van der Waals surface area contributed by atoms with Gasteiger partial charge in [-0.05, 0) is 25.2 Å². The second-order valence-corrected chi connectivity index (χ2v) is 4.18. The van der Waals surface area contributed by atoms with Crippen LogP contribution in [0.4, 0.5) is 0 Å². The Morgan fingerprint density at radius 2 is 2.00 bits per heavy atom. The number of unbranched alkanes of at least 4 members (excludes halogenated alkanes) is 1. The average molecular weight is 213 g/mol. The van der Waals surface area contributed by atoms with Gasteiger partial charge in [-0.3, -0.25) is 9.59 Å². The molecule has 1 aliphatic rings. The topological polar surface area (TPSA) is 66.4 Å². The molecule has 0 aromatic heterocycles. The molecule has 2 unspecified atom stereocenters. The Balaban J connectivity index is 1.97. The number of carbonyl (C=O) groups is 2. The third-order valence-electron chi connectivity index (χ3n) is 2.84. The van der Waals surface area contributed by atoms with Gasteiger partial charge in [0.15, 0.2) is 0 Å². The molecule has 0 aromatic carbocycles. The summed E-state index contributed by atoms with van der Waals surface area (Å²) in [7, 11) is 0. The molecule has 0 saturated heterocycles. The molecule has 4 heteroatoms. The maximum atomic E-state index is 11.3. The van der Waals surface area contributed by atoms with Crippen LogP contribution in [-0.4, -0.2) is 23.0 Å². The van der Waals surface area contributed by atoms with E-state index < -0.39 is 5.97 Å². The molecule has 15 heavy (non-hydrogen) atoms. The molecule has 0 spiro atoms. The van der Waals surface area contributed by atoms with E-state index in [1.54, 1.807) is 0 Å². The molecule has 0 aromatic rings. The maximum Gasteiger partial charge on any atom is 0.303 e. The van der Waals surface area contributed by atoms with Crippen molar-refractivity contribution in [2.45, 2.75) is 51.5 Å². The number of hydrogen-bond donors (Lipinski definition) is 2. The highest BCUT2D eigenvalue weighted by atomic mass is 16.4. The molecule has 0 bridgehead atoms. The van der Waals surface area contributed by atoms with Gasteiger partial charge in [0.1, 0.15) is 0 Å². The molecule has 1 amide bonds. The van der Waals surface area contributed by atoms with Gasteiger partial charge >= 0.3 is 5.97 Å². The normalized spacial score (nSPS) is 23.5. The Hall–Kier alpha value is -1.06. The van der Waals surface area contributed by atoms with Gasteiger partial charge in [-0.1, -0.05) is 13.3 Å². The lowest BCUT2D eigenvalue weighted by Gasteiger charge is -2.03. The van der Waals surface area contributed by atoms with Crippen LogP contribution in [0.3, 0.4) is 0 Å². The zero-order valence-corrected chi connectivity index (χ0v) is 9.16. The third kappa shape index (κ3) is 4.81. The Bertz CT molecular complexity index is 240. The minimum absolute atomic E-state index is 0.0707. The van der Waals surface area contributed by atoms with E-state index in [4.69, 9.17) is 5.11 Å². The fourth-order valence-electron chi connectivity index (χ4n) is 1.72. The highest BCUT2D eigenvalue weighted by molar-refractivity contribution is 5.76. The largest absolute Gasteiger partial charge is 0.481 e. The van der Waals surface area contributed by atoms with E-state index >= 15 is 0 Å². The molecule has 1 rings (SSSR count). The molecule has 0 radical (unpaired) electrons. The van der Waals surface area contributed by atoms with Gasteiger partial charge in [-0.15, -0.1) is 0 Å². The number of carboxylic acids is 1. The van der Waals surface area contributed by atoms with E-state index in [1.807, 2.05) is 0 Å². The first kappa shape index (κ1) is 12.0. The summed E-state index contributed by atoms with van der Waals surface area (Å²) in [5.74, 6) is -0.0436. The van der Waals surface area contributed by atoms with Crippen LogP contribution in [0.1, 0.15) is 45.4 Å². The minimum Gasteiger partial charge on any atom is -0.481 e. The lowest BCUT2D eigenvalue weighted by Crippen LogP contribution is -2.26. The van der Waals surface area contributed by atoms with E-state index in [0.717, 1.165) is 12.8 Å². The standard InChI is InChI=1S/C11H19NO3/c1-2-8-7-9(8)12-10(13)5-3-4-6-11(14)15/h8-9H,2-7H2,1H3,(H,12,13)(H,14,15). The van der Waals surface area contributed by atoms with Crippen LogP contribution in [0, 0.1) is 5.92 Å². The number of nitrogens with one attached hydrogen (secondary N) is 1. The van der Waals surface area contributed by atoms with Crippen molar-refractivity contribution in [1.82, 2.24) is 5.32 Å². The zero-order chi connectivity index (χ0) is 11.3. The van der Waals surface area contributed by atoms with Crippen LogP contribution in [0.5, 0.6) is 0 Å². The number of amides is 1. The fourth-order valence-corrected chi connectivity index (χ4v) is 1.72. The summed E-state index contributed by atoms with van der Waals surface area (Å²) in [5.41, 5.74) is 0. The first-order valence-corrected chi connectivity index (χ1v) is 5.64. The van der Waals surface area contributed by atoms with Crippen LogP contribution in [0.25, 0.3) is 0 Å². The smallest absolute Gasteiger partial charge is 0.303 e. The molecular weight excluding hydrogens is 194 g/mol. The lowest BCUT2D eigenvalue weighted by atomic mass is 10.2. The van der Waals surface area contributed by atoms with Crippen molar-refractivity contribution in [3.05, 3.63) is 0 Å². The van der Waals surface area contributed by atoms with Crippen molar-refractivity contribution in [1.29, 1.82) is 0 Å². The van der Waals surface area contributed by atoms with Gasteiger partial charge < -0.3 is 10.4 Å². The van der Waals surface area contributed by atoms with Crippen LogP contribution in [-0.2, 0) is 9.59 Å². The highest BCUT2D eigenvalue weighted by Gasteiger charge is 2.36. The van der Waals surface area contributed by atoms with E-state index in [0.29, 0.717) is 31.2 Å². The maximum absolute atomic E-state index is 11.3. The van der Waals surface area contributed by atoms with Gasteiger partial charge in [-0.2, -0.15) is 0 Å². The van der Waals surface area contributed by atoms with Crippen LogP contribution in [0.15, 0.2) is 0 Å². The van der Waals surface area contributed by atoms with Crippen molar-refractivity contribution in [3.63, 3.8) is 0 Å². The van der Waals surface area contributed by atoms with Crippen LogP contribution >= 0.6 is 0 Å². The molecule has 86 valence electrons. The number of carbonyl (C=O) groups excluding carboxylic acids is 1. The van der Waals surface area contributed by atoms with E-state index in [9.17, 15) is 9.59 Å². The summed E-state index contributed by atoms with van der Waals surface area (Å²) in [6.07, 6.45) is 4.11. The molecule has 2 atom stereocenters. The van der Waals surface area contributed by atoms with Crippen molar-refractivity contribution < 1.29 is 14.7 Å². The lowest BCUT2D eigenvalue weighted by molar-refractivity contribution is -0.137. The van der Waals surface area contributed by atoms with Gasteiger partial charge in [0.25, 0.3) is 0 Å². The van der Waals surface area contributed by atoms with E-state index in [-0.39, 0.29) is 12.3 Å². The molecule has 1 fully saturated rings. The molecular formula is C11H19NO3. The molecule has 0 heterocycles. The summed E-state index contributed by atoms with van der Waals surface area (Å²) in [4.78, 5) is 21.6. The molecule has 1 saturated carbocycles. The van der Waals surface area contributed by atoms with Crippen molar-refractivity contribution in [3.8, 4) is 0 Å². The quantitative estimate of drug-likeness (QED) is 0.630. The van der Waals surface area contributed by atoms with Gasteiger partial charge in [0.2, 0.25) is 5.91 Å². The molecule has 1 aliphatic carbocycles. The highest BCUT2D eigenvalue weighted by Crippen LogP contribution is 2.33. The van der Waals surface area contributed by atoms with Crippen molar-refractivity contribution >= 4 is 11.9 Å². The minimum atomic E-state index is -0.788. The predicted molar refractivity (Wildman–Crippen MR) is 56.4 cm³/mol. The first-order chi connectivity index (χ1) is 7.13. The molecule has 2 N–H and O–H groups in total.